The van der Waals surface area contributed by atoms with E-state index in [-0.39, 0.29) is 24.3 Å². The zero-order valence-electron chi connectivity index (χ0n) is 16.2. The average molecular weight is 379 g/mol. The third-order valence-electron chi connectivity index (χ3n) is 5.63. The van der Waals surface area contributed by atoms with Crippen LogP contribution in [0.5, 0.6) is 17.2 Å². The van der Waals surface area contributed by atoms with Gasteiger partial charge in [0.2, 0.25) is 12.7 Å². The van der Waals surface area contributed by atoms with Gasteiger partial charge in [0.1, 0.15) is 11.4 Å². The molecule has 2 heterocycles. The number of hydrogen-bond acceptors (Lipinski definition) is 4. The van der Waals surface area contributed by atoms with Crippen molar-refractivity contribution in [3.63, 3.8) is 0 Å². The van der Waals surface area contributed by atoms with Gasteiger partial charge in [0.05, 0.1) is 6.04 Å². The molecule has 0 saturated heterocycles. The van der Waals surface area contributed by atoms with Crippen molar-refractivity contribution in [2.45, 2.75) is 44.8 Å². The van der Waals surface area contributed by atoms with Gasteiger partial charge in [-0.25, -0.2) is 0 Å². The van der Waals surface area contributed by atoms with Crippen molar-refractivity contribution in [3.05, 3.63) is 59.7 Å². The highest BCUT2D eigenvalue weighted by Crippen LogP contribution is 2.42. The Morgan fingerprint density at radius 2 is 1.89 bits per heavy atom. The van der Waals surface area contributed by atoms with Gasteiger partial charge < -0.3 is 19.5 Å². The second-order valence-corrected chi connectivity index (χ2v) is 7.24. The molecule has 0 bridgehead atoms. The summed E-state index contributed by atoms with van der Waals surface area (Å²) in [5.74, 6) is 2.18. The molecule has 146 valence electrons. The molecule has 1 amide bonds. The highest BCUT2D eigenvalue weighted by Gasteiger charge is 2.38. The molecule has 28 heavy (non-hydrogen) atoms. The maximum Gasteiger partial charge on any atom is 0.244 e. The summed E-state index contributed by atoms with van der Waals surface area (Å²) in [5.41, 5.74) is 1.68. The van der Waals surface area contributed by atoms with Gasteiger partial charge in [0.15, 0.2) is 11.5 Å². The van der Waals surface area contributed by atoms with E-state index < -0.39 is 0 Å². The van der Waals surface area contributed by atoms with Gasteiger partial charge in [-0.3, -0.25) is 4.79 Å². The number of ether oxygens (including phenoxy) is 3. The number of amides is 1. The van der Waals surface area contributed by atoms with E-state index in [9.17, 15) is 4.79 Å². The van der Waals surface area contributed by atoms with Crippen LogP contribution >= 0.6 is 0 Å². The molecular formula is C23H25NO4. The number of rotatable bonds is 5. The highest BCUT2D eigenvalue weighted by molar-refractivity contribution is 5.92. The van der Waals surface area contributed by atoms with Gasteiger partial charge in [0, 0.05) is 18.1 Å². The summed E-state index contributed by atoms with van der Waals surface area (Å²) in [4.78, 5) is 12.6. The lowest BCUT2D eigenvalue weighted by molar-refractivity contribution is -0.117. The molecule has 0 aromatic heterocycles. The largest absolute Gasteiger partial charge is 0.487 e. The lowest BCUT2D eigenvalue weighted by Gasteiger charge is -2.41. The van der Waals surface area contributed by atoms with Crippen molar-refractivity contribution >= 4 is 12.0 Å². The number of carbonyl (C=O) groups excluding carboxylic acids is 1. The minimum absolute atomic E-state index is 0.0706. The quantitative estimate of drug-likeness (QED) is 0.770. The zero-order valence-corrected chi connectivity index (χ0v) is 16.2. The van der Waals surface area contributed by atoms with E-state index in [0.717, 1.165) is 41.9 Å². The van der Waals surface area contributed by atoms with E-state index in [4.69, 9.17) is 14.2 Å². The number of carbonyl (C=O) groups is 1. The lowest BCUT2D eigenvalue weighted by Crippen LogP contribution is -2.44. The standard InChI is InChI=1S/C23H25NO4/c1-3-23(4-2)14-18(17-7-5-6-8-19(17)28-23)24-22(25)12-10-16-9-11-20-21(13-16)27-15-26-20/h5-13,18H,3-4,14-15H2,1-2H3,(H,24,25)/b12-10+. The average Bonchev–Trinajstić information content (AvgIpc) is 3.20. The number of benzene rings is 2. The summed E-state index contributed by atoms with van der Waals surface area (Å²) in [7, 11) is 0. The topological polar surface area (TPSA) is 56.8 Å². The minimum Gasteiger partial charge on any atom is -0.487 e. The smallest absolute Gasteiger partial charge is 0.244 e. The van der Waals surface area contributed by atoms with Gasteiger partial charge in [-0.05, 0) is 42.7 Å². The van der Waals surface area contributed by atoms with E-state index in [2.05, 4.69) is 19.2 Å². The lowest BCUT2D eigenvalue weighted by atomic mass is 9.83. The Morgan fingerprint density at radius 3 is 2.71 bits per heavy atom. The summed E-state index contributed by atoms with van der Waals surface area (Å²) >= 11 is 0. The maximum atomic E-state index is 12.6. The number of nitrogens with one attached hydrogen (secondary N) is 1. The monoisotopic (exact) mass is 379 g/mol. The van der Waals surface area contributed by atoms with Crippen molar-refractivity contribution < 1.29 is 19.0 Å². The van der Waals surface area contributed by atoms with Crippen molar-refractivity contribution in [2.75, 3.05) is 6.79 Å². The Hall–Kier alpha value is -2.95. The van der Waals surface area contributed by atoms with E-state index in [1.807, 2.05) is 42.5 Å². The van der Waals surface area contributed by atoms with Crippen molar-refractivity contribution in [1.82, 2.24) is 5.32 Å². The van der Waals surface area contributed by atoms with Crippen LogP contribution in [-0.2, 0) is 4.79 Å². The van der Waals surface area contributed by atoms with Crippen LogP contribution in [0.3, 0.4) is 0 Å². The van der Waals surface area contributed by atoms with Crippen LogP contribution in [0.4, 0.5) is 0 Å². The Kier molecular flexibility index (Phi) is 4.99. The van der Waals surface area contributed by atoms with Crippen molar-refractivity contribution in [2.24, 2.45) is 0 Å². The first kappa shape index (κ1) is 18.4. The molecular weight excluding hydrogens is 354 g/mol. The number of para-hydroxylation sites is 1. The predicted octanol–water partition coefficient (Wildman–Crippen LogP) is 4.63. The Morgan fingerprint density at radius 1 is 1.11 bits per heavy atom. The molecule has 0 aliphatic carbocycles. The van der Waals surface area contributed by atoms with E-state index in [0.29, 0.717) is 5.75 Å². The first-order chi connectivity index (χ1) is 13.6. The molecule has 0 saturated carbocycles. The van der Waals surface area contributed by atoms with Crippen molar-refractivity contribution in [3.8, 4) is 17.2 Å². The van der Waals surface area contributed by atoms with Crippen LogP contribution in [0, 0.1) is 0 Å². The summed E-state index contributed by atoms with van der Waals surface area (Å²) < 4.78 is 17.0. The first-order valence-electron chi connectivity index (χ1n) is 9.78. The molecule has 1 atom stereocenters. The first-order valence-corrected chi connectivity index (χ1v) is 9.78. The van der Waals surface area contributed by atoms with Gasteiger partial charge in [-0.15, -0.1) is 0 Å². The molecule has 5 nitrogen and oxygen atoms in total. The van der Waals surface area contributed by atoms with Gasteiger partial charge >= 0.3 is 0 Å². The predicted molar refractivity (Wildman–Crippen MR) is 107 cm³/mol. The Labute approximate surface area is 165 Å². The second kappa shape index (κ2) is 7.58. The van der Waals surface area contributed by atoms with Crippen LogP contribution in [0.1, 0.15) is 50.3 Å². The molecule has 0 radical (unpaired) electrons. The van der Waals surface area contributed by atoms with Gasteiger partial charge in [0.25, 0.3) is 0 Å². The van der Waals surface area contributed by atoms with Crippen LogP contribution in [0.2, 0.25) is 0 Å². The fourth-order valence-corrected chi connectivity index (χ4v) is 3.84. The molecule has 5 heteroatoms. The summed E-state index contributed by atoms with van der Waals surface area (Å²) in [6, 6.07) is 13.5. The summed E-state index contributed by atoms with van der Waals surface area (Å²) in [6.45, 7) is 4.51. The van der Waals surface area contributed by atoms with Gasteiger partial charge in [-0.2, -0.15) is 0 Å². The molecule has 0 spiro atoms. The van der Waals surface area contributed by atoms with E-state index in [1.54, 1.807) is 12.2 Å². The fourth-order valence-electron chi connectivity index (χ4n) is 3.84. The Bertz CT molecular complexity index is 901. The van der Waals surface area contributed by atoms with Crippen molar-refractivity contribution in [1.29, 1.82) is 0 Å². The maximum absolute atomic E-state index is 12.6. The fraction of sp³-hybridized carbons (Fsp3) is 0.348. The summed E-state index contributed by atoms with van der Waals surface area (Å²) in [6.07, 6.45) is 5.92. The molecule has 2 aromatic carbocycles. The highest BCUT2D eigenvalue weighted by atomic mass is 16.7. The number of hydrogen-bond donors (Lipinski definition) is 1. The van der Waals surface area contributed by atoms with E-state index >= 15 is 0 Å². The molecule has 2 aliphatic rings. The molecule has 4 rings (SSSR count). The van der Waals surface area contributed by atoms with Crippen LogP contribution < -0.4 is 19.5 Å². The molecule has 1 N–H and O–H groups in total. The zero-order chi connectivity index (χ0) is 19.6. The SMILES string of the molecule is CCC1(CC)CC(NC(=O)/C=C/c2ccc3c(c2)OCO3)c2ccccc2O1. The molecule has 1 unspecified atom stereocenters. The summed E-state index contributed by atoms with van der Waals surface area (Å²) in [5, 5.41) is 3.16. The molecule has 0 fully saturated rings. The van der Waals surface area contributed by atoms with E-state index in [1.165, 1.54) is 0 Å². The number of fused-ring (bicyclic) bond motifs is 2. The van der Waals surface area contributed by atoms with Crippen LogP contribution in [0.25, 0.3) is 6.08 Å². The third kappa shape index (κ3) is 3.57. The third-order valence-corrected chi connectivity index (χ3v) is 5.63. The second-order valence-electron chi connectivity index (χ2n) is 7.24. The van der Waals surface area contributed by atoms with Crippen LogP contribution in [-0.4, -0.2) is 18.3 Å². The Balaban J connectivity index is 1.50. The molecule has 2 aromatic rings. The molecule has 2 aliphatic heterocycles. The van der Waals surface area contributed by atoms with Crippen LogP contribution in [0.15, 0.2) is 48.5 Å². The minimum atomic E-state index is -0.243. The van der Waals surface area contributed by atoms with Gasteiger partial charge in [-0.1, -0.05) is 38.1 Å². The normalized spacial score (nSPS) is 19.1.